The zero-order valence-electron chi connectivity index (χ0n) is 46.3. The van der Waals surface area contributed by atoms with Crippen molar-refractivity contribution in [2.45, 2.75) is 86.9 Å². The van der Waals surface area contributed by atoms with Crippen LogP contribution in [0.25, 0.3) is 72.7 Å². The number of pyridine rings is 1. The Hall–Kier alpha value is -5.57. The second-order valence-electron chi connectivity index (χ2n) is 18.3. The molecule has 0 radical (unpaired) electrons. The third-order valence-electron chi connectivity index (χ3n) is 12.0. The van der Waals surface area contributed by atoms with Gasteiger partial charge in [0.25, 0.3) is 0 Å². The van der Waals surface area contributed by atoms with Gasteiger partial charge in [0.2, 0.25) is 0 Å². The fourth-order valence-electron chi connectivity index (χ4n) is 7.56. The molecule has 0 aliphatic heterocycles. The van der Waals surface area contributed by atoms with Crippen molar-refractivity contribution in [3.63, 3.8) is 0 Å². The van der Waals surface area contributed by atoms with Gasteiger partial charge in [0.05, 0.1) is 31.9 Å². The molecule has 0 atom stereocenters. The summed E-state index contributed by atoms with van der Waals surface area (Å²) in [5.41, 5.74) is 7.27. The van der Waals surface area contributed by atoms with Crippen molar-refractivity contribution in [2.24, 2.45) is 5.41 Å². The van der Waals surface area contributed by atoms with Crippen LogP contribution in [0.2, 0.25) is 0 Å². The molecule has 61 heavy (non-hydrogen) atoms. The Kier molecular flexibility index (Phi) is 8.64. The predicted octanol–water partition coefficient (Wildman–Crippen LogP) is 14.8. The number of phenols is 1. The maximum Gasteiger partial charge on any atom is 0.148 e. The third kappa shape index (κ3) is 8.28. The molecule has 0 aliphatic rings. The first-order chi connectivity index (χ1) is 32.5. The predicted molar refractivity (Wildman–Crippen MR) is 252 cm³/mol. The summed E-state index contributed by atoms with van der Waals surface area (Å²) >= 11 is 0. The van der Waals surface area contributed by atoms with E-state index in [0.29, 0.717) is 33.6 Å². The Morgan fingerprint density at radius 1 is 0.672 bits per heavy atom. The van der Waals surface area contributed by atoms with E-state index < -0.39 is 65.8 Å². The van der Waals surface area contributed by atoms with E-state index in [1.165, 1.54) is 0 Å². The van der Waals surface area contributed by atoms with E-state index in [2.05, 4.69) is 80.6 Å². The minimum atomic E-state index is -2.97. The Bertz CT molecular complexity index is 3390. The molecular weight excluding hydrogens is 926 g/mol. The van der Waals surface area contributed by atoms with Crippen LogP contribution in [0.5, 0.6) is 5.75 Å². The Morgan fingerprint density at radius 2 is 1.39 bits per heavy atom. The van der Waals surface area contributed by atoms with Crippen molar-refractivity contribution < 1.29 is 39.9 Å². The van der Waals surface area contributed by atoms with Gasteiger partial charge in [-0.25, -0.2) is 4.98 Å². The van der Waals surface area contributed by atoms with Gasteiger partial charge in [-0.1, -0.05) is 157 Å². The number of fused-ring (bicyclic) bond motifs is 1. The molecule has 8 rings (SSSR count). The molecule has 0 unspecified atom stereocenters. The molecule has 0 amide bonds. The number of phenolic OH excluding ortho intramolecular Hbond substituents is 1. The minimum absolute atomic E-state index is 0. The number of benzene rings is 6. The van der Waals surface area contributed by atoms with Crippen LogP contribution in [0, 0.1) is 32.2 Å². The fraction of sp³-hybridized carbons (Fsp3) is 0.250. The normalized spacial score (nSPS) is 14.7. The number of hydrogen-bond donors (Lipinski definition) is 1. The number of hydrogen-bond acceptors (Lipinski definition) is 3. The molecule has 0 aliphatic carbocycles. The summed E-state index contributed by atoms with van der Waals surface area (Å²) in [7, 11) is 0. The van der Waals surface area contributed by atoms with Crippen LogP contribution in [0.3, 0.4) is 0 Å². The molecule has 1 N–H and O–H groups in total. The van der Waals surface area contributed by atoms with Crippen molar-refractivity contribution in [1.82, 2.24) is 14.5 Å². The van der Waals surface area contributed by atoms with Gasteiger partial charge in [0, 0.05) is 42.6 Å². The van der Waals surface area contributed by atoms with E-state index in [4.69, 9.17) is 17.3 Å². The Labute approximate surface area is 391 Å². The first-order valence-electron chi connectivity index (χ1n) is 25.2. The molecule has 2 aromatic heterocycles. The SMILES string of the molecule is [2H]c1nc(-c2[c-]c(-c3cccc4c3nc(-c3cc(C)cc(C)c3O)n4-c3ccc(C(C)(C)C(C)(C)C)cc3-c3ccccc3)cc(C(C)(C)C)c2)c([2H])c(-c2c([2H])c([2H])c(C([2H])([2H])[2H])c([2H])c2[2H])c1[2H].[Pt]. The van der Waals surface area contributed by atoms with Gasteiger partial charge >= 0.3 is 0 Å². The van der Waals surface area contributed by atoms with E-state index in [1.807, 2.05) is 89.2 Å². The van der Waals surface area contributed by atoms with E-state index in [0.717, 1.165) is 39.0 Å². The van der Waals surface area contributed by atoms with Gasteiger partial charge in [0.1, 0.15) is 11.6 Å². The van der Waals surface area contributed by atoms with Crippen LogP contribution in [0.4, 0.5) is 0 Å². The molecule has 6 aromatic carbocycles. The van der Waals surface area contributed by atoms with Crippen LogP contribution >= 0.6 is 0 Å². The number of aromatic nitrogens is 3. The average Bonchev–Trinajstić information content (AvgIpc) is 3.67. The molecule has 0 fully saturated rings. The monoisotopic (exact) mass is 991 g/mol. The Morgan fingerprint density at radius 3 is 2.08 bits per heavy atom. The summed E-state index contributed by atoms with van der Waals surface area (Å²) in [6, 6.07) is 29.6. The summed E-state index contributed by atoms with van der Waals surface area (Å²) in [5, 5.41) is 11.9. The fourth-order valence-corrected chi connectivity index (χ4v) is 7.56. The number of imidazole rings is 1. The van der Waals surface area contributed by atoms with Gasteiger partial charge in [-0.05, 0) is 101 Å². The van der Waals surface area contributed by atoms with Crippen molar-refractivity contribution in [1.29, 1.82) is 0 Å². The van der Waals surface area contributed by atoms with Gasteiger partial charge in [-0.15, -0.1) is 29.3 Å². The molecule has 4 nitrogen and oxygen atoms in total. The molecule has 5 heteroatoms. The number of rotatable bonds is 7. The molecular formula is C56H56N3OPt-. The van der Waals surface area contributed by atoms with E-state index in [-0.39, 0.29) is 54.5 Å². The van der Waals surface area contributed by atoms with Crippen molar-refractivity contribution in [3.8, 4) is 67.5 Å². The smallest absolute Gasteiger partial charge is 0.148 e. The summed E-state index contributed by atoms with van der Waals surface area (Å²) in [5.74, 6) is 0.607. The van der Waals surface area contributed by atoms with E-state index >= 15 is 0 Å². The average molecular weight is 992 g/mol. The quantitative estimate of drug-likeness (QED) is 0.162. The van der Waals surface area contributed by atoms with Gasteiger partial charge in [-0.3, -0.25) is 9.55 Å². The van der Waals surface area contributed by atoms with Crippen molar-refractivity contribution >= 4 is 11.0 Å². The van der Waals surface area contributed by atoms with Crippen molar-refractivity contribution in [3.05, 3.63) is 167 Å². The molecule has 0 spiro atoms. The first-order valence-corrected chi connectivity index (χ1v) is 20.2. The molecule has 0 saturated heterocycles. The minimum Gasteiger partial charge on any atom is -0.507 e. The number of para-hydroxylation sites is 1. The summed E-state index contributed by atoms with van der Waals surface area (Å²) in [6.07, 6.45) is -0.585. The molecule has 8 aromatic rings. The van der Waals surface area contributed by atoms with Gasteiger partial charge in [0.15, 0.2) is 0 Å². The van der Waals surface area contributed by atoms with Gasteiger partial charge in [-0.2, -0.15) is 0 Å². The number of nitrogens with zero attached hydrogens (tertiary/aromatic N) is 3. The van der Waals surface area contributed by atoms with Crippen LogP contribution in [-0.4, -0.2) is 19.6 Å². The van der Waals surface area contributed by atoms with E-state index in [9.17, 15) is 6.48 Å². The van der Waals surface area contributed by atoms with E-state index in [1.54, 1.807) is 6.07 Å². The maximum atomic E-state index is 11.9. The zero-order valence-corrected chi connectivity index (χ0v) is 38.5. The Balaban J connectivity index is 0.00000741. The second-order valence-corrected chi connectivity index (χ2v) is 18.3. The van der Waals surface area contributed by atoms with Crippen LogP contribution in [0.15, 0.2) is 133 Å². The second kappa shape index (κ2) is 16.4. The first kappa shape index (κ1) is 32.2. The summed E-state index contributed by atoms with van der Waals surface area (Å²) < 4.78 is 88.0. The largest absolute Gasteiger partial charge is 0.507 e. The van der Waals surface area contributed by atoms with Crippen LogP contribution in [0.1, 0.15) is 96.9 Å². The molecule has 0 saturated carbocycles. The standard InChI is InChI=1S/C56H56N3O.Pt/c1-35-20-22-38(23-21-35)40-26-27-57-48(33-40)42-30-41(31-44(32-42)54(4,5)6)45-18-15-19-50-51(45)58-53(47-29-36(2)28-37(3)52(47)60)59(50)49-25-24-43(56(10,11)55(7,8)9)34-46(49)39-16-13-12-14-17-39;/h12-29,31-34,60H,1-11H3;/q-1;/i1D3,20D,21D,22D,23D,26D,27D,33D;. The molecule has 2 heterocycles. The number of aromatic hydroxyl groups is 1. The van der Waals surface area contributed by atoms with Crippen molar-refractivity contribution in [2.75, 3.05) is 0 Å². The summed E-state index contributed by atoms with van der Waals surface area (Å²) in [6.45, 7) is 18.2. The van der Waals surface area contributed by atoms with Crippen LogP contribution < -0.4 is 0 Å². The zero-order chi connectivity index (χ0) is 51.3. The van der Waals surface area contributed by atoms with Gasteiger partial charge < -0.3 is 5.11 Å². The summed E-state index contributed by atoms with van der Waals surface area (Å²) in [4.78, 5) is 9.85. The molecule has 0 bridgehead atoms. The topological polar surface area (TPSA) is 50.9 Å². The third-order valence-corrected chi connectivity index (χ3v) is 12.0. The molecule has 312 valence electrons. The van der Waals surface area contributed by atoms with Crippen LogP contribution in [-0.2, 0) is 31.9 Å². The maximum absolute atomic E-state index is 11.9. The number of aryl methyl sites for hydroxylation is 2.